The molecule has 0 fully saturated rings. The van der Waals surface area contributed by atoms with E-state index in [-0.39, 0.29) is 22.8 Å². The molecule has 0 saturated heterocycles. The highest BCUT2D eigenvalue weighted by Gasteiger charge is 2.10. The molecule has 0 atom stereocenters. The number of nitrogens with zero attached hydrogens (tertiary/aromatic N) is 1. The number of hydrogen-bond donors (Lipinski definition) is 4. The van der Waals surface area contributed by atoms with Crippen molar-refractivity contribution in [2.24, 2.45) is 5.10 Å². The third-order valence-corrected chi connectivity index (χ3v) is 3.18. The maximum absolute atomic E-state index is 11.9. The quantitative estimate of drug-likeness (QED) is 0.367. The number of hydrogen-bond acceptors (Lipinski definition) is 7. The third-order valence-electron chi connectivity index (χ3n) is 3.18. The van der Waals surface area contributed by atoms with E-state index in [0.29, 0.717) is 5.56 Å². The Bertz CT molecular complexity index is 893. The molecule has 0 bridgehead atoms. The molecule has 28 heavy (non-hydrogen) atoms. The molecular formula is C18H16N2O8. The van der Waals surface area contributed by atoms with E-state index in [1.165, 1.54) is 48.7 Å². The van der Waals surface area contributed by atoms with Gasteiger partial charge in [0.15, 0.2) is 24.7 Å². The van der Waals surface area contributed by atoms with Crippen molar-refractivity contribution < 1.29 is 39.2 Å². The van der Waals surface area contributed by atoms with Gasteiger partial charge in [-0.2, -0.15) is 5.10 Å². The summed E-state index contributed by atoms with van der Waals surface area (Å²) >= 11 is 0. The predicted octanol–water partition coefficient (Wildman–Crippen LogP) is 1.08. The van der Waals surface area contributed by atoms with E-state index in [4.69, 9.17) is 19.7 Å². The number of carbonyl (C=O) groups excluding carboxylic acids is 1. The number of phenols is 1. The summed E-state index contributed by atoms with van der Waals surface area (Å²) in [6.07, 6.45) is 1.28. The molecule has 10 heteroatoms. The average molecular weight is 388 g/mol. The number of benzene rings is 2. The molecule has 0 spiro atoms. The summed E-state index contributed by atoms with van der Waals surface area (Å²) in [5.41, 5.74) is 3.02. The van der Waals surface area contributed by atoms with E-state index < -0.39 is 31.1 Å². The first-order valence-electron chi connectivity index (χ1n) is 7.81. The molecule has 4 N–H and O–H groups in total. The SMILES string of the molecule is O=C(O)COc1ccc(C=NNC(=O)c2ccc(O)cc2)cc1OCC(=O)O. The maximum Gasteiger partial charge on any atom is 0.341 e. The Labute approximate surface area is 158 Å². The fraction of sp³-hybridized carbons (Fsp3) is 0.111. The topological polar surface area (TPSA) is 155 Å². The van der Waals surface area contributed by atoms with Gasteiger partial charge in [0.2, 0.25) is 0 Å². The van der Waals surface area contributed by atoms with Gasteiger partial charge in [0, 0.05) is 5.56 Å². The number of carbonyl (C=O) groups is 3. The molecule has 0 unspecified atom stereocenters. The Morgan fingerprint density at radius 2 is 1.54 bits per heavy atom. The van der Waals surface area contributed by atoms with Crippen LogP contribution in [0, 0.1) is 0 Å². The Balaban J connectivity index is 2.08. The van der Waals surface area contributed by atoms with Gasteiger partial charge in [-0.1, -0.05) is 0 Å². The third kappa shape index (κ3) is 6.33. The van der Waals surface area contributed by atoms with Crippen molar-refractivity contribution in [3.63, 3.8) is 0 Å². The van der Waals surface area contributed by atoms with Crippen LogP contribution in [-0.2, 0) is 9.59 Å². The van der Waals surface area contributed by atoms with Crippen molar-refractivity contribution in [1.29, 1.82) is 0 Å². The van der Waals surface area contributed by atoms with E-state index in [1.807, 2.05) is 0 Å². The van der Waals surface area contributed by atoms with Gasteiger partial charge in [-0.05, 0) is 48.0 Å². The van der Waals surface area contributed by atoms with Crippen LogP contribution in [0.4, 0.5) is 0 Å². The van der Waals surface area contributed by atoms with E-state index in [0.717, 1.165) is 0 Å². The summed E-state index contributed by atoms with van der Waals surface area (Å²) in [4.78, 5) is 33.2. The number of hydrazone groups is 1. The van der Waals surface area contributed by atoms with Crippen molar-refractivity contribution in [3.8, 4) is 17.2 Å². The summed E-state index contributed by atoms with van der Waals surface area (Å²) in [6, 6.07) is 9.86. The van der Waals surface area contributed by atoms with E-state index in [2.05, 4.69) is 10.5 Å². The van der Waals surface area contributed by atoms with Crippen molar-refractivity contribution in [1.82, 2.24) is 5.43 Å². The number of carboxylic acids is 2. The minimum atomic E-state index is -1.22. The molecule has 0 aliphatic heterocycles. The van der Waals surface area contributed by atoms with Gasteiger partial charge in [-0.25, -0.2) is 15.0 Å². The number of nitrogens with one attached hydrogen (secondary N) is 1. The lowest BCUT2D eigenvalue weighted by atomic mass is 10.2. The van der Waals surface area contributed by atoms with Gasteiger partial charge >= 0.3 is 11.9 Å². The molecule has 2 rings (SSSR count). The second kappa shape index (κ2) is 9.57. The van der Waals surface area contributed by atoms with Crippen LogP contribution in [0.2, 0.25) is 0 Å². The molecule has 0 radical (unpaired) electrons. The zero-order valence-corrected chi connectivity index (χ0v) is 14.4. The van der Waals surface area contributed by atoms with Gasteiger partial charge in [0.1, 0.15) is 5.75 Å². The number of phenolic OH excluding ortho intramolecular Hbond substituents is 1. The normalized spacial score (nSPS) is 10.4. The lowest BCUT2D eigenvalue weighted by Crippen LogP contribution is -2.17. The molecule has 0 aliphatic carbocycles. The van der Waals surface area contributed by atoms with Crippen molar-refractivity contribution in [2.45, 2.75) is 0 Å². The summed E-state index contributed by atoms with van der Waals surface area (Å²) in [5, 5.41) is 30.4. The molecule has 2 aromatic carbocycles. The number of carboxylic acid groups (broad SMARTS) is 2. The standard InChI is InChI=1S/C18H16N2O8/c21-13-4-2-12(3-5-13)18(26)20-19-8-11-1-6-14(27-9-16(22)23)15(7-11)28-10-17(24)25/h1-8,21H,9-10H2,(H,20,26)(H,22,23)(H,24,25). The van der Waals surface area contributed by atoms with Gasteiger partial charge in [0.25, 0.3) is 5.91 Å². The Kier molecular flexibility index (Phi) is 6.92. The van der Waals surface area contributed by atoms with Crippen LogP contribution in [-0.4, -0.2) is 52.6 Å². The molecule has 2 aromatic rings. The summed E-state index contributed by atoms with van der Waals surface area (Å²) in [7, 11) is 0. The number of rotatable bonds is 9. The van der Waals surface area contributed by atoms with Crippen LogP contribution in [0.3, 0.4) is 0 Å². The summed E-state index contributed by atoms with van der Waals surface area (Å²) in [6.45, 7) is -1.28. The Hall–Kier alpha value is -4.08. The van der Waals surface area contributed by atoms with Crippen LogP contribution in [0.1, 0.15) is 15.9 Å². The van der Waals surface area contributed by atoms with Gasteiger partial charge in [-0.15, -0.1) is 0 Å². The minimum absolute atomic E-state index is 0.0115. The fourth-order valence-electron chi connectivity index (χ4n) is 1.96. The molecule has 1 amide bonds. The van der Waals surface area contributed by atoms with Gasteiger partial charge in [-0.3, -0.25) is 4.79 Å². The van der Waals surface area contributed by atoms with Crippen molar-refractivity contribution in [3.05, 3.63) is 53.6 Å². The second-order valence-corrected chi connectivity index (χ2v) is 5.32. The Morgan fingerprint density at radius 3 is 2.14 bits per heavy atom. The highest BCUT2D eigenvalue weighted by Crippen LogP contribution is 2.28. The lowest BCUT2D eigenvalue weighted by molar-refractivity contribution is -0.140. The molecular weight excluding hydrogens is 372 g/mol. The zero-order valence-electron chi connectivity index (χ0n) is 14.4. The minimum Gasteiger partial charge on any atom is -0.508 e. The number of aliphatic carboxylic acids is 2. The van der Waals surface area contributed by atoms with Crippen molar-refractivity contribution >= 4 is 24.1 Å². The van der Waals surface area contributed by atoms with Gasteiger partial charge < -0.3 is 24.8 Å². The molecule has 0 heterocycles. The highest BCUT2D eigenvalue weighted by molar-refractivity contribution is 5.95. The van der Waals surface area contributed by atoms with Crippen LogP contribution in [0.5, 0.6) is 17.2 Å². The fourth-order valence-corrected chi connectivity index (χ4v) is 1.96. The lowest BCUT2D eigenvalue weighted by Gasteiger charge is -2.11. The highest BCUT2D eigenvalue weighted by atomic mass is 16.5. The Morgan fingerprint density at radius 1 is 0.929 bits per heavy atom. The van der Waals surface area contributed by atoms with Gasteiger partial charge in [0.05, 0.1) is 6.21 Å². The summed E-state index contributed by atoms with van der Waals surface area (Å²) in [5.74, 6) is -2.83. The monoisotopic (exact) mass is 388 g/mol. The van der Waals surface area contributed by atoms with E-state index in [1.54, 1.807) is 0 Å². The molecule has 0 aromatic heterocycles. The molecule has 0 saturated carbocycles. The number of amides is 1. The van der Waals surface area contributed by atoms with E-state index in [9.17, 15) is 19.5 Å². The van der Waals surface area contributed by atoms with Crippen LogP contribution < -0.4 is 14.9 Å². The van der Waals surface area contributed by atoms with E-state index >= 15 is 0 Å². The second-order valence-electron chi connectivity index (χ2n) is 5.32. The van der Waals surface area contributed by atoms with Crippen LogP contribution in [0.15, 0.2) is 47.6 Å². The number of ether oxygens (including phenoxy) is 2. The summed E-state index contributed by atoms with van der Waals surface area (Å²) < 4.78 is 10.1. The van der Waals surface area contributed by atoms with Crippen LogP contribution in [0.25, 0.3) is 0 Å². The zero-order chi connectivity index (χ0) is 20.5. The first-order valence-corrected chi connectivity index (χ1v) is 7.81. The average Bonchev–Trinajstić information content (AvgIpc) is 2.65. The molecule has 0 aliphatic rings. The largest absolute Gasteiger partial charge is 0.508 e. The molecule has 10 nitrogen and oxygen atoms in total. The van der Waals surface area contributed by atoms with Crippen molar-refractivity contribution in [2.75, 3.05) is 13.2 Å². The maximum atomic E-state index is 11.9. The molecule has 146 valence electrons. The first kappa shape index (κ1) is 20.2. The van der Waals surface area contributed by atoms with Crippen LogP contribution >= 0.6 is 0 Å². The smallest absolute Gasteiger partial charge is 0.341 e. The first-order chi connectivity index (χ1) is 13.3. The number of aromatic hydroxyl groups is 1. The predicted molar refractivity (Wildman–Crippen MR) is 95.9 cm³/mol.